The number of carbonyl (C=O) groups is 2. The molecule has 4 rings (SSSR count). The van der Waals surface area contributed by atoms with Crippen LogP contribution in [0.1, 0.15) is 20.7 Å². The van der Waals surface area contributed by atoms with Gasteiger partial charge < -0.3 is 4.74 Å². The van der Waals surface area contributed by atoms with Crippen LogP contribution in [0.4, 0.5) is 0 Å². The van der Waals surface area contributed by atoms with Crippen molar-refractivity contribution >= 4 is 43.6 Å². The first-order valence-corrected chi connectivity index (χ1v) is 10.8. The molecular formula is C23H15Br2N3O3. The lowest BCUT2D eigenvalue weighted by Gasteiger charge is -2.08. The van der Waals surface area contributed by atoms with E-state index in [9.17, 15) is 9.59 Å². The average Bonchev–Trinajstić information content (AvgIpc) is 3.28. The maximum absolute atomic E-state index is 12.4. The molecule has 0 aliphatic heterocycles. The van der Waals surface area contributed by atoms with Crippen LogP contribution in [0, 0.1) is 0 Å². The third-order valence-corrected chi connectivity index (χ3v) is 5.59. The van der Waals surface area contributed by atoms with Gasteiger partial charge in [0.05, 0.1) is 23.1 Å². The van der Waals surface area contributed by atoms with E-state index in [-0.39, 0.29) is 12.4 Å². The fourth-order valence-corrected chi connectivity index (χ4v) is 3.44. The third-order valence-electron chi connectivity index (χ3n) is 4.54. The molecule has 0 fully saturated rings. The summed E-state index contributed by atoms with van der Waals surface area (Å²) in [5, 5.41) is 8.17. The van der Waals surface area contributed by atoms with E-state index in [0.29, 0.717) is 11.1 Å². The van der Waals surface area contributed by atoms with Crippen LogP contribution in [0.25, 0.3) is 16.9 Å². The molecule has 3 aromatic carbocycles. The molecule has 0 radical (unpaired) electrons. The maximum Gasteiger partial charge on any atom is 0.338 e. The number of rotatable bonds is 6. The largest absolute Gasteiger partial charge is 0.454 e. The summed E-state index contributed by atoms with van der Waals surface area (Å²) in [5.41, 5.74) is 3.39. The van der Waals surface area contributed by atoms with Crippen molar-refractivity contribution in [2.24, 2.45) is 0 Å². The molecule has 0 N–H and O–H groups in total. The van der Waals surface area contributed by atoms with Gasteiger partial charge >= 0.3 is 5.97 Å². The Kier molecular flexibility index (Phi) is 6.39. The molecule has 1 heterocycles. The van der Waals surface area contributed by atoms with Crippen LogP contribution in [0.15, 0.2) is 87.9 Å². The molecule has 0 aliphatic carbocycles. The number of nitrogens with zero attached hydrogens (tertiary/aromatic N) is 3. The van der Waals surface area contributed by atoms with Crippen molar-refractivity contribution in [1.82, 2.24) is 15.0 Å². The number of Topliss-reactive ketones (excluding diaryl/α,β-unsaturated/α-hetero) is 1. The minimum Gasteiger partial charge on any atom is -0.454 e. The van der Waals surface area contributed by atoms with E-state index in [1.54, 1.807) is 59.4 Å². The first kappa shape index (κ1) is 21.1. The van der Waals surface area contributed by atoms with E-state index in [2.05, 4.69) is 42.2 Å². The first-order chi connectivity index (χ1) is 15.0. The van der Waals surface area contributed by atoms with Crippen molar-refractivity contribution in [1.29, 1.82) is 0 Å². The molecule has 1 aromatic heterocycles. The molecule has 0 aliphatic rings. The molecule has 0 bridgehead atoms. The summed E-state index contributed by atoms with van der Waals surface area (Å²) in [5.74, 6) is -0.831. The minimum absolute atomic E-state index is 0.288. The number of hydrogen-bond donors (Lipinski definition) is 0. The zero-order valence-corrected chi connectivity index (χ0v) is 19.2. The zero-order valence-electron chi connectivity index (χ0n) is 16.0. The van der Waals surface area contributed by atoms with Crippen LogP contribution in [0.3, 0.4) is 0 Å². The Balaban J connectivity index is 1.44. The monoisotopic (exact) mass is 539 g/mol. The van der Waals surface area contributed by atoms with Gasteiger partial charge in [-0.2, -0.15) is 0 Å². The highest BCUT2D eigenvalue weighted by molar-refractivity contribution is 9.10. The predicted octanol–water partition coefficient (Wildman–Crippen LogP) is 5.50. The number of aromatic nitrogens is 3. The lowest BCUT2D eigenvalue weighted by molar-refractivity contribution is 0.0474. The standard InChI is InChI=1S/C23H15Br2N3O3/c24-18-7-1-15(2-8-18)21-13-26-27-28(21)20-11-5-16(6-12-20)22(29)14-31-23(30)17-3-9-19(25)10-4-17/h1-13H,14H2. The fraction of sp³-hybridized carbons (Fsp3) is 0.0435. The number of ether oxygens (including phenoxy) is 1. The normalized spacial score (nSPS) is 10.6. The molecule has 6 nitrogen and oxygen atoms in total. The molecule has 31 heavy (non-hydrogen) atoms. The van der Waals surface area contributed by atoms with Gasteiger partial charge in [0.2, 0.25) is 0 Å². The second-order valence-electron chi connectivity index (χ2n) is 6.59. The van der Waals surface area contributed by atoms with Gasteiger partial charge in [-0.15, -0.1) is 5.10 Å². The van der Waals surface area contributed by atoms with E-state index in [0.717, 1.165) is 25.9 Å². The number of carbonyl (C=O) groups excluding carboxylic acids is 2. The van der Waals surface area contributed by atoms with Gasteiger partial charge in [-0.1, -0.05) is 49.2 Å². The van der Waals surface area contributed by atoms with Crippen molar-refractivity contribution in [2.75, 3.05) is 6.61 Å². The predicted molar refractivity (Wildman–Crippen MR) is 123 cm³/mol. The molecule has 0 unspecified atom stereocenters. The topological polar surface area (TPSA) is 74.1 Å². The fourth-order valence-electron chi connectivity index (χ4n) is 2.92. The lowest BCUT2D eigenvalue weighted by Crippen LogP contribution is -2.14. The van der Waals surface area contributed by atoms with Crippen LogP contribution in [0.5, 0.6) is 0 Å². The number of esters is 1. The maximum atomic E-state index is 12.4. The van der Waals surface area contributed by atoms with E-state index >= 15 is 0 Å². The van der Waals surface area contributed by atoms with Gasteiger partial charge in [-0.3, -0.25) is 4.79 Å². The molecular weight excluding hydrogens is 526 g/mol. The van der Waals surface area contributed by atoms with E-state index < -0.39 is 5.97 Å². The van der Waals surface area contributed by atoms with Crippen molar-refractivity contribution in [3.8, 4) is 16.9 Å². The van der Waals surface area contributed by atoms with Crippen LogP contribution >= 0.6 is 31.9 Å². The highest BCUT2D eigenvalue weighted by atomic mass is 79.9. The Morgan fingerprint density at radius 2 is 1.39 bits per heavy atom. The van der Waals surface area contributed by atoms with Gasteiger partial charge in [-0.05, 0) is 60.7 Å². The van der Waals surface area contributed by atoms with Gasteiger partial charge in [0.25, 0.3) is 0 Å². The lowest BCUT2D eigenvalue weighted by atomic mass is 10.1. The summed E-state index contributed by atoms with van der Waals surface area (Å²) in [6, 6.07) is 21.5. The Morgan fingerprint density at radius 3 is 2.03 bits per heavy atom. The highest BCUT2D eigenvalue weighted by Gasteiger charge is 2.13. The van der Waals surface area contributed by atoms with Crippen LogP contribution in [-0.2, 0) is 4.74 Å². The Bertz CT molecular complexity index is 1220. The Morgan fingerprint density at radius 1 is 0.806 bits per heavy atom. The summed E-state index contributed by atoms with van der Waals surface area (Å²) >= 11 is 6.74. The van der Waals surface area contributed by atoms with E-state index in [4.69, 9.17) is 4.74 Å². The van der Waals surface area contributed by atoms with Gasteiger partial charge in [0.1, 0.15) is 0 Å². The number of benzene rings is 3. The third kappa shape index (κ3) is 4.98. The minimum atomic E-state index is -0.542. The van der Waals surface area contributed by atoms with Gasteiger partial charge in [0, 0.05) is 20.1 Å². The number of hydrogen-bond acceptors (Lipinski definition) is 5. The second-order valence-corrected chi connectivity index (χ2v) is 8.42. The van der Waals surface area contributed by atoms with E-state index in [1.807, 2.05) is 24.3 Å². The molecule has 0 spiro atoms. The molecule has 0 amide bonds. The molecule has 154 valence electrons. The smallest absolute Gasteiger partial charge is 0.338 e. The first-order valence-electron chi connectivity index (χ1n) is 9.24. The highest BCUT2D eigenvalue weighted by Crippen LogP contribution is 2.23. The quantitative estimate of drug-likeness (QED) is 0.238. The molecule has 0 saturated carbocycles. The molecule has 0 atom stereocenters. The van der Waals surface area contributed by atoms with Crippen molar-refractivity contribution in [3.05, 3.63) is 99.1 Å². The van der Waals surface area contributed by atoms with Crippen LogP contribution in [0.2, 0.25) is 0 Å². The average molecular weight is 541 g/mol. The van der Waals surface area contributed by atoms with Crippen molar-refractivity contribution < 1.29 is 14.3 Å². The summed E-state index contributed by atoms with van der Waals surface area (Å²) in [6.45, 7) is -0.332. The number of halogens is 2. The van der Waals surface area contributed by atoms with Crippen molar-refractivity contribution in [2.45, 2.75) is 0 Å². The second kappa shape index (κ2) is 9.36. The SMILES string of the molecule is O=C(COC(=O)c1ccc(Br)cc1)c1ccc(-n2nncc2-c2ccc(Br)cc2)cc1. The number of ketones is 1. The summed E-state index contributed by atoms with van der Waals surface area (Å²) < 4.78 is 8.68. The molecule has 8 heteroatoms. The van der Waals surface area contributed by atoms with Crippen molar-refractivity contribution in [3.63, 3.8) is 0 Å². The van der Waals surface area contributed by atoms with Crippen LogP contribution in [-0.4, -0.2) is 33.4 Å². The molecule has 4 aromatic rings. The molecule has 0 saturated heterocycles. The van der Waals surface area contributed by atoms with Gasteiger partial charge in [-0.25, -0.2) is 9.48 Å². The Hall–Kier alpha value is -3.10. The summed E-state index contributed by atoms with van der Waals surface area (Å²) in [4.78, 5) is 24.5. The zero-order chi connectivity index (χ0) is 21.8. The van der Waals surface area contributed by atoms with E-state index in [1.165, 1.54) is 0 Å². The Labute approximate surface area is 195 Å². The summed E-state index contributed by atoms with van der Waals surface area (Å²) in [6.07, 6.45) is 1.68. The van der Waals surface area contributed by atoms with Crippen LogP contribution < -0.4 is 0 Å². The van der Waals surface area contributed by atoms with Gasteiger partial charge in [0.15, 0.2) is 12.4 Å². The summed E-state index contributed by atoms with van der Waals surface area (Å²) in [7, 11) is 0.